The first-order valence-electron chi connectivity index (χ1n) is 6.42. The highest BCUT2D eigenvalue weighted by molar-refractivity contribution is 7.89. The van der Waals surface area contributed by atoms with Crippen LogP contribution in [0.2, 0.25) is 5.02 Å². The Bertz CT molecular complexity index is 719. The Morgan fingerprint density at radius 2 is 1.90 bits per heavy atom. The van der Waals surface area contributed by atoms with E-state index in [0.717, 1.165) is 6.26 Å². The Hall–Kier alpha value is -0.670. The smallest absolute Gasteiger partial charge is 0.213 e. The van der Waals surface area contributed by atoms with E-state index in [2.05, 4.69) is 4.72 Å². The third kappa shape index (κ3) is 4.17. The minimum absolute atomic E-state index is 0.00291. The van der Waals surface area contributed by atoms with Gasteiger partial charge in [-0.1, -0.05) is 23.7 Å². The molecule has 0 radical (unpaired) electrons. The number of halogens is 1. The topological polar surface area (TPSA) is 83.6 Å². The molecule has 0 aliphatic carbocycles. The van der Waals surface area contributed by atoms with Gasteiger partial charge in [0.25, 0.3) is 0 Å². The fraction of sp³-hybridized carbons (Fsp3) is 0.500. The van der Waals surface area contributed by atoms with Gasteiger partial charge in [0.05, 0.1) is 11.3 Å². The van der Waals surface area contributed by atoms with E-state index in [4.69, 9.17) is 11.6 Å². The molecule has 1 aliphatic heterocycles. The van der Waals surface area contributed by atoms with Gasteiger partial charge < -0.3 is 0 Å². The van der Waals surface area contributed by atoms with Crippen molar-refractivity contribution in [2.24, 2.45) is 0 Å². The van der Waals surface area contributed by atoms with Crippen molar-refractivity contribution in [1.82, 2.24) is 9.03 Å². The van der Waals surface area contributed by atoms with Crippen molar-refractivity contribution in [3.05, 3.63) is 29.3 Å². The van der Waals surface area contributed by atoms with Crippen LogP contribution in [0.5, 0.6) is 0 Å². The number of rotatable bonds is 4. The van der Waals surface area contributed by atoms with Crippen molar-refractivity contribution < 1.29 is 16.8 Å². The SMILES string of the molecule is CS(=O)(=O)N1CCCC(NS(=O)(=O)c2ccccc2Cl)C1. The van der Waals surface area contributed by atoms with E-state index in [9.17, 15) is 16.8 Å². The van der Waals surface area contributed by atoms with Crippen molar-refractivity contribution in [3.63, 3.8) is 0 Å². The summed E-state index contributed by atoms with van der Waals surface area (Å²) in [6.45, 7) is 0.561. The standard InChI is InChI=1S/C12H17ClN2O4S2/c1-20(16,17)15-8-4-5-10(9-15)14-21(18,19)12-7-3-2-6-11(12)13/h2-3,6-7,10,14H,4-5,8-9H2,1H3. The number of piperidine rings is 1. The second kappa shape index (κ2) is 6.21. The zero-order chi connectivity index (χ0) is 15.7. The maximum atomic E-state index is 12.3. The summed E-state index contributed by atoms with van der Waals surface area (Å²) in [5, 5.41) is 0.140. The molecule has 1 aliphatic rings. The Morgan fingerprint density at radius 1 is 1.24 bits per heavy atom. The van der Waals surface area contributed by atoms with Crippen LogP contribution in [-0.4, -0.2) is 46.5 Å². The average Bonchev–Trinajstić information content (AvgIpc) is 2.37. The molecule has 2 rings (SSSR count). The number of sulfonamides is 2. The molecule has 0 saturated carbocycles. The number of nitrogens with one attached hydrogen (secondary N) is 1. The van der Waals surface area contributed by atoms with Gasteiger partial charge in [0.1, 0.15) is 4.90 Å². The molecule has 1 aromatic rings. The quantitative estimate of drug-likeness (QED) is 0.877. The zero-order valence-electron chi connectivity index (χ0n) is 11.5. The van der Waals surface area contributed by atoms with Gasteiger partial charge in [0, 0.05) is 19.1 Å². The monoisotopic (exact) mass is 352 g/mol. The second-order valence-electron chi connectivity index (χ2n) is 5.01. The molecule has 0 bridgehead atoms. The summed E-state index contributed by atoms with van der Waals surface area (Å²) in [5.74, 6) is 0. The number of hydrogen-bond acceptors (Lipinski definition) is 4. The summed E-state index contributed by atoms with van der Waals surface area (Å²) < 4.78 is 51.6. The van der Waals surface area contributed by atoms with E-state index in [1.165, 1.54) is 16.4 Å². The molecule has 9 heteroatoms. The maximum absolute atomic E-state index is 12.3. The van der Waals surface area contributed by atoms with Crippen LogP contribution in [0, 0.1) is 0 Å². The van der Waals surface area contributed by atoms with Crippen molar-refractivity contribution in [2.45, 2.75) is 23.8 Å². The lowest BCUT2D eigenvalue weighted by Crippen LogP contribution is -2.49. The molecule has 6 nitrogen and oxygen atoms in total. The summed E-state index contributed by atoms with van der Waals surface area (Å²) >= 11 is 5.90. The molecule has 1 N–H and O–H groups in total. The van der Waals surface area contributed by atoms with Crippen molar-refractivity contribution >= 4 is 31.6 Å². The van der Waals surface area contributed by atoms with Crippen LogP contribution >= 0.6 is 11.6 Å². The van der Waals surface area contributed by atoms with E-state index in [0.29, 0.717) is 19.4 Å². The number of hydrogen-bond donors (Lipinski definition) is 1. The van der Waals surface area contributed by atoms with E-state index in [1.807, 2.05) is 0 Å². The molecule has 118 valence electrons. The first-order valence-corrected chi connectivity index (χ1v) is 10.1. The van der Waals surface area contributed by atoms with Crippen LogP contribution in [0.3, 0.4) is 0 Å². The predicted octanol–water partition coefficient (Wildman–Crippen LogP) is 1.04. The van der Waals surface area contributed by atoms with E-state index < -0.39 is 26.1 Å². The van der Waals surface area contributed by atoms with E-state index in [-0.39, 0.29) is 16.5 Å². The molecule has 1 aromatic carbocycles. The van der Waals surface area contributed by atoms with E-state index in [1.54, 1.807) is 12.1 Å². The fourth-order valence-corrected chi connectivity index (χ4v) is 4.98. The summed E-state index contributed by atoms with van der Waals surface area (Å²) in [4.78, 5) is 0.00291. The van der Waals surface area contributed by atoms with Gasteiger partial charge in [-0.15, -0.1) is 0 Å². The Morgan fingerprint density at radius 3 is 2.52 bits per heavy atom. The predicted molar refractivity (Wildman–Crippen MR) is 81.2 cm³/mol. The molecule has 0 spiro atoms. The zero-order valence-corrected chi connectivity index (χ0v) is 13.9. The van der Waals surface area contributed by atoms with Crippen LogP contribution in [0.25, 0.3) is 0 Å². The number of nitrogens with zero attached hydrogens (tertiary/aromatic N) is 1. The number of benzene rings is 1. The molecule has 1 heterocycles. The maximum Gasteiger partial charge on any atom is 0.242 e. The third-order valence-corrected chi connectivity index (χ3v) is 6.59. The van der Waals surface area contributed by atoms with Crippen LogP contribution in [0.4, 0.5) is 0 Å². The highest BCUT2D eigenvalue weighted by atomic mass is 35.5. The van der Waals surface area contributed by atoms with Crippen molar-refractivity contribution in [2.75, 3.05) is 19.3 Å². The first-order chi connectivity index (χ1) is 9.70. The molecular weight excluding hydrogens is 336 g/mol. The molecule has 1 fully saturated rings. The van der Waals surface area contributed by atoms with Gasteiger partial charge in [-0.3, -0.25) is 0 Å². The largest absolute Gasteiger partial charge is 0.242 e. The fourth-order valence-electron chi connectivity index (χ4n) is 2.29. The van der Waals surface area contributed by atoms with Crippen LogP contribution in [0.15, 0.2) is 29.2 Å². The average molecular weight is 353 g/mol. The van der Waals surface area contributed by atoms with Gasteiger partial charge in [0.2, 0.25) is 20.0 Å². The van der Waals surface area contributed by atoms with Crippen LogP contribution < -0.4 is 4.72 Å². The van der Waals surface area contributed by atoms with Gasteiger partial charge >= 0.3 is 0 Å². The minimum atomic E-state index is -3.76. The molecule has 1 atom stereocenters. The lowest BCUT2D eigenvalue weighted by Gasteiger charge is -2.31. The van der Waals surface area contributed by atoms with Crippen molar-refractivity contribution in [3.8, 4) is 0 Å². The van der Waals surface area contributed by atoms with Gasteiger partial charge in [-0.05, 0) is 25.0 Å². The lowest BCUT2D eigenvalue weighted by molar-refractivity contribution is 0.305. The van der Waals surface area contributed by atoms with Crippen LogP contribution in [-0.2, 0) is 20.0 Å². The summed E-state index contributed by atoms with van der Waals surface area (Å²) in [7, 11) is -7.08. The Labute approximate surface area is 130 Å². The molecule has 0 amide bonds. The minimum Gasteiger partial charge on any atom is -0.213 e. The van der Waals surface area contributed by atoms with Crippen molar-refractivity contribution in [1.29, 1.82) is 0 Å². The molecule has 21 heavy (non-hydrogen) atoms. The van der Waals surface area contributed by atoms with Gasteiger partial charge in [-0.25, -0.2) is 25.9 Å². The molecule has 0 aromatic heterocycles. The van der Waals surface area contributed by atoms with Gasteiger partial charge in [0.15, 0.2) is 0 Å². The normalized spacial score (nSPS) is 21.3. The summed E-state index contributed by atoms with van der Waals surface area (Å²) in [5.41, 5.74) is 0. The lowest BCUT2D eigenvalue weighted by atomic mass is 10.1. The van der Waals surface area contributed by atoms with Crippen LogP contribution in [0.1, 0.15) is 12.8 Å². The molecule has 1 unspecified atom stereocenters. The summed E-state index contributed by atoms with van der Waals surface area (Å²) in [6, 6.07) is 5.70. The van der Waals surface area contributed by atoms with Gasteiger partial charge in [-0.2, -0.15) is 0 Å². The Balaban J connectivity index is 2.16. The first kappa shape index (κ1) is 16.7. The Kier molecular flexibility index (Phi) is 4.94. The molecular formula is C12H17ClN2O4S2. The van der Waals surface area contributed by atoms with E-state index >= 15 is 0 Å². The highest BCUT2D eigenvalue weighted by Crippen LogP contribution is 2.22. The summed E-state index contributed by atoms with van der Waals surface area (Å²) in [6.07, 6.45) is 2.33. The third-order valence-electron chi connectivity index (χ3n) is 3.30. The second-order valence-corrected chi connectivity index (χ2v) is 9.08. The highest BCUT2D eigenvalue weighted by Gasteiger charge is 2.29. The molecule has 1 saturated heterocycles.